The molecule has 0 heteroatoms. The van der Waals surface area contributed by atoms with Crippen LogP contribution >= 0.6 is 0 Å². The quantitative estimate of drug-likeness (QED) is 0.162. The lowest BCUT2D eigenvalue weighted by molar-refractivity contribution is 1.62. The second kappa shape index (κ2) is 12.3. The molecule has 0 spiro atoms. The van der Waals surface area contributed by atoms with E-state index < -0.39 is 0 Å². The van der Waals surface area contributed by atoms with Gasteiger partial charge in [-0.15, -0.1) is 0 Å². The zero-order valence-electron chi connectivity index (χ0n) is 29.6. The van der Waals surface area contributed by atoms with Gasteiger partial charge >= 0.3 is 0 Å². The van der Waals surface area contributed by atoms with E-state index in [9.17, 15) is 0 Å². The standard InChI is InChI=1S/C54H34/c1-3-15-42-36(11-1)13-9-21-44(42)38-25-23-35(24-26-38)41-31-32-50-52(33-41)46-17-5-6-18-47(46)53-34-51(48-19-7-8-20-49(48)54(50)53)40-29-27-39(28-30-40)45-22-10-14-37-12-2-4-16-43(37)45/h1-34H. The predicted molar refractivity (Wildman–Crippen MR) is 233 cm³/mol. The van der Waals surface area contributed by atoms with E-state index in [1.807, 2.05) is 0 Å². The van der Waals surface area contributed by atoms with E-state index in [2.05, 4.69) is 206 Å². The molecule has 0 saturated heterocycles. The Morgan fingerprint density at radius 3 is 1.19 bits per heavy atom. The second-order valence-corrected chi connectivity index (χ2v) is 14.4. The first-order chi connectivity index (χ1) is 26.8. The maximum Gasteiger partial charge on any atom is -0.00199 e. The molecule has 54 heavy (non-hydrogen) atoms. The SMILES string of the molecule is c1ccc2c(-c3ccc(-c4ccc5c(c4)c4ccccc4c4cc(-c6ccc(-c7cccc8ccccc78)cc6)c6ccccc6c54)cc3)cccc2c1. The van der Waals surface area contributed by atoms with Gasteiger partial charge < -0.3 is 0 Å². The van der Waals surface area contributed by atoms with Crippen molar-refractivity contribution < 1.29 is 0 Å². The lowest BCUT2D eigenvalue weighted by Crippen LogP contribution is -1.90. The Morgan fingerprint density at radius 1 is 0.185 bits per heavy atom. The summed E-state index contributed by atoms with van der Waals surface area (Å²) < 4.78 is 0. The molecule has 0 heterocycles. The van der Waals surface area contributed by atoms with Gasteiger partial charge in [0.25, 0.3) is 0 Å². The van der Waals surface area contributed by atoms with Crippen molar-refractivity contribution in [2.24, 2.45) is 0 Å². The molecule has 11 rings (SSSR count). The Balaban J connectivity index is 1.06. The van der Waals surface area contributed by atoms with Gasteiger partial charge in [-0.05, 0) is 121 Å². The summed E-state index contributed by atoms with van der Waals surface area (Å²) in [5, 5.41) is 15.4. The highest BCUT2D eigenvalue weighted by molar-refractivity contribution is 6.33. The van der Waals surface area contributed by atoms with Crippen LogP contribution in [0.25, 0.3) is 109 Å². The minimum absolute atomic E-state index is 1.22. The van der Waals surface area contributed by atoms with Gasteiger partial charge in [-0.1, -0.05) is 194 Å². The first-order valence-electron chi connectivity index (χ1n) is 18.8. The molecule has 0 radical (unpaired) electrons. The van der Waals surface area contributed by atoms with Crippen molar-refractivity contribution in [2.45, 2.75) is 0 Å². The van der Waals surface area contributed by atoms with Crippen LogP contribution in [-0.2, 0) is 0 Å². The maximum atomic E-state index is 2.44. The highest BCUT2D eigenvalue weighted by atomic mass is 14.2. The van der Waals surface area contributed by atoms with Crippen LogP contribution < -0.4 is 0 Å². The summed E-state index contributed by atoms with van der Waals surface area (Å²) in [5.41, 5.74) is 9.93. The number of hydrogen-bond donors (Lipinski definition) is 0. The summed E-state index contributed by atoms with van der Waals surface area (Å²) in [6.45, 7) is 0. The van der Waals surface area contributed by atoms with Crippen LogP contribution in [0.4, 0.5) is 0 Å². The Bertz CT molecular complexity index is 3230. The summed E-state index contributed by atoms with van der Waals surface area (Å²) in [5.74, 6) is 0. The average molecular weight is 683 g/mol. The summed E-state index contributed by atoms with van der Waals surface area (Å²) in [4.78, 5) is 0. The predicted octanol–water partition coefficient (Wildman–Crippen LogP) is 15.3. The first kappa shape index (κ1) is 30.6. The summed E-state index contributed by atoms with van der Waals surface area (Å²) in [7, 11) is 0. The highest BCUT2D eigenvalue weighted by Gasteiger charge is 2.16. The van der Waals surface area contributed by atoms with Crippen molar-refractivity contribution in [3.05, 3.63) is 206 Å². The molecule has 0 bridgehead atoms. The second-order valence-electron chi connectivity index (χ2n) is 14.4. The summed E-state index contributed by atoms with van der Waals surface area (Å²) >= 11 is 0. The van der Waals surface area contributed by atoms with Gasteiger partial charge in [-0.25, -0.2) is 0 Å². The molecule has 11 aromatic carbocycles. The van der Waals surface area contributed by atoms with Crippen molar-refractivity contribution in [3.63, 3.8) is 0 Å². The molecule has 0 saturated carbocycles. The number of rotatable bonds is 4. The monoisotopic (exact) mass is 682 g/mol. The van der Waals surface area contributed by atoms with E-state index in [0.717, 1.165) is 0 Å². The number of hydrogen-bond acceptors (Lipinski definition) is 0. The normalized spacial score (nSPS) is 11.7. The van der Waals surface area contributed by atoms with Crippen LogP contribution in [-0.4, -0.2) is 0 Å². The van der Waals surface area contributed by atoms with Crippen LogP contribution in [0.2, 0.25) is 0 Å². The first-order valence-corrected chi connectivity index (χ1v) is 18.8. The molecule has 0 atom stereocenters. The van der Waals surface area contributed by atoms with Crippen LogP contribution in [0.15, 0.2) is 206 Å². The maximum absolute atomic E-state index is 2.44. The summed E-state index contributed by atoms with van der Waals surface area (Å²) in [6, 6.07) is 76.0. The van der Waals surface area contributed by atoms with E-state index in [1.54, 1.807) is 0 Å². The fraction of sp³-hybridized carbons (Fsp3) is 0. The lowest BCUT2D eigenvalue weighted by atomic mass is 9.86. The van der Waals surface area contributed by atoms with Crippen LogP contribution in [0.5, 0.6) is 0 Å². The number of benzene rings is 11. The molecule has 250 valence electrons. The van der Waals surface area contributed by atoms with Gasteiger partial charge in [0.2, 0.25) is 0 Å². The van der Waals surface area contributed by atoms with E-state index in [1.165, 1.54) is 109 Å². The Hall–Kier alpha value is -7.02. The third-order valence-electron chi connectivity index (χ3n) is 11.5. The van der Waals surface area contributed by atoms with Gasteiger partial charge in [0.05, 0.1) is 0 Å². The third kappa shape index (κ3) is 4.85. The Kier molecular flexibility index (Phi) is 6.97. The minimum atomic E-state index is 1.22. The van der Waals surface area contributed by atoms with Crippen LogP contribution in [0.3, 0.4) is 0 Å². The fourth-order valence-electron chi connectivity index (χ4n) is 8.86. The van der Waals surface area contributed by atoms with Crippen molar-refractivity contribution in [3.8, 4) is 44.5 Å². The molecule has 0 N–H and O–H groups in total. The molecule has 11 aromatic rings. The molecule has 0 aliphatic rings. The Morgan fingerprint density at radius 2 is 0.593 bits per heavy atom. The van der Waals surface area contributed by atoms with E-state index >= 15 is 0 Å². The molecule has 0 fully saturated rings. The molecule has 0 aliphatic heterocycles. The zero-order chi connectivity index (χ0) is 35.6. The smallest absolute Gasteiger partial charge is 0.00199 e. The van der Waals surface area contributed by atoms with Gasteiger partial charge in [-0.2, -0.15) is 0 Å². The van der Waals surface area contributed by atoms with Crippen molar-refractivity contribution in [2.75, 3.05) is 0 Å². The van der Waals surface area contributed by atoms with Crippen LogP contribution in [0, 0.1) is 0 Å². The molecule has 0 aliphatic carbocycles. The van der Waals surface area contributed by atoms with Gasteiger partial charge in [-0.3, -0.25) is 0 Å². The highest BCUT2D eigenvalue weighted by Crippen LogP contribution is 2.44. The molecule has 0 unspecified atom stereocenters. The van der Waals surface area contributed by atoms with E-state index in [-0.39, 0.29) is 0 Å². The van der Waals surface area contributed by atoms with Crippen molar-refractivity contribution in [1.82, 2.24) is 0 Å². The largest absolute Gasteiger partial charge is 0.0616 e. The molecular weight excluding hydrogens is 649 g/mol. The van der Waals surface area contributed by atoms with E-state index in [0.29, 0.717) is 0 Å². The summed E-state index contributed by atoms with van der Waals surface area (Å²) in [6.07, 6.45) is 0. The third-order valence-corrected chi connectivity index (χ3v) is 11.5. The van der Waals surface area contributed by atoms with Gasteiger partial charge in [0.1, 0.15) is 0 Å². The number of fused-ring (bicyclic) bond motifs is 10. The minimum Gasteiger partial charge on any atom is -0.0616 e. The molecule has 0 nitrogen and oxygen atoms in total. The topological polar surface area (TPSA) is 0 Å². The van der Waals surface area contributed by atoms with Crippen molar-refractivity contribution >= 4 is 64.6 Å². The average Bonchev–Trinajstić information content (AvgIpc) is 3.25. The molecule has 0 amide bonds. The fourth-order valence-corrected chi connectivity index (χ4v) is 8.86. The molecular formula is C54H34. The van der Waals surface area contributed by atoms with E-state index in [4.69, 9.17) is 0 Å². The molecule has 0 aromatic heterocycles. The van der Waals surface area contributed by atoms with Crippen LogP contribution in [0.1, 0.15) is 0 Å². The Labute approximate surface area is 314 Å². The lowest BCUT2D eigenvalue weighted by Gasteiger charge is -2.17. The zero-order valence-corrected chi connectivity index (χ0v) is 29.6. The van der Waals surface area contributed by atoms with Gasteiger partial charge in [0.15, 0.2) is 0 Å². The van der Waals surface area contributed by atoms with Gasteiger partial charge in [0, 0.05) is 0 Å². The van der Waals surface area contributed by atoms with Crippen molar-refractivity contribution in [1.29, 1.82) is 0 Å².